The highest BCUT2D eigenvalue weighted by Gasteiger charge is 2.15. The predicted octanol–water partition coefficient (Wildman–Crippen LogP) is 5.74. The van der Waals surface area contributed by atoms with Gasteiger partial charge in [-0.3, -0.25) is 0 Å². The van der Waals surface area contributed by atoms with Crippen LogP contribution in [0.15, 0.2) is 72.8 Å². The van der Waals surface area contributed by atoms with Crippen molar-refractivity contribution in [3.05, 3.63) is 72.8 Å². The maximum Gasteiger partial charge on any atom is 0.0659 e. The molecule has 4 aromatic rings. The molecule has 0 spiro atoms. The zero-order valence-corrected chi connectivity index (χ0v) is 13.9. The molecule has 0 radical (unpaired) electrons. The molecule has 0 bridgehead atoms. The van der Waals surface area contributed by atoms with Crippen LogP contribution >= 0.6 is 0 Å². The molecule has 2 N–H and O–H groups in total. The van der Waals surface area contributed by atoms with Crippen molar-refractivity contribution in [3.8, 4) is 11.1 Å². The highest BCUT2D eigenvalue weighted by atomic mass is 14.9. The first kappa shape index (κ1) is 14.6. The molecule has 0 aromatic heterocycles. The molecule has 0 atom stereocenters. The van der Waals surface area contributed by atoms with Gasteiger partial charge < -0.3 is 10.6 Å². The van der Waals surface area contributed by atoms with E-state index in [1.165, 1.54) is 32.7 Å². The lowest BCUT2D eigenvalue weighted by atomic mass is 9.91. The average Bonchev–Trinajstić information content (AvgIpc) is 2.66. The van der Waals surface area contributed by atoms with E-state index in [-0.39, 0.29) is 0 Å². The fraction of sp³-hybridized carbons (Fsp3) is 0.0909. The number of hydrogen-bond acceptors (Lipinski definition) is 2. The second-order valence-corrected chi connectivity index (χ2v) is 5.92. The van der Waals surface area contributed by atoms with E-state index >= 15 is 0 Å². The molecular weight excluding hydrogens is 292 g/mol. The monoisotopic (exact) mass is 312 g/mol. The zero-order valence-electron chi connectivity index (χ0n) is 13.9. The summed E-state index contributed by atoms with van der Waals surface area (Å²) >= 11 is 0. The first-order valence-electron chi connectivity index (χ1n) is 8.23. The van der Waals surface area contributed by atoms with Gasteiger partial charge in [-0.25, -0.2) is 0 Å². The smallest absolute Gasteiger partial charge is 0.0659 e. The van der Waals surface area contributed by atoms with Crippen LogP contribution in [0.25, 0.3) is 32.7 Å². The molecule has 0 unspecified atom stereocenters. The van der Waals surface area contributed by atoms with Gasteiger partial charge in [0.05, 0.1) is 11.4 Å². The third-order valence-electron chi connectivity index (χ3n) is 4.63. The van der Waals surface area contributed by atoms with Crippen LogP contribution in [0.3, 0.4) is 0 Å². The van der Waals surface area contributed by atoms with Gasteiger partial charge in [0.2, 0.25) is 0 Å². The lowest BCUT2D eigenvalue weighted by Gasteiger charge is -2.19. The number of benzene rings is 4. The Bertz CT molecular complexity index is 1030. The summed E-state index contributed by atoms with van der Waals surface area (Å²) in [4.78, 5) is 0. The van der Waals surface area contributed by atoms with E-state index in [0.717, 1.165) is 11.4 Å². The minimum atomic E-state index is 1.11. The van der Waals surface area contributed by atoms with E-state index in [9.17, 15) is 0 Å². The largest absolute Gasteiger partial charge is 0.386 e. The van der Waals surface area contributed by atoms with Crippen LogP contribution < -0.4 is 10.6 Å². The molecule has 0 fully saturated rings. The maximum atomic E-state index is 3.41. The molecule has 0 aliphatic rings. The molecule has 4 rings (SSSR count). The van der Waals surface area contributed by atoms with Crippen LogP contribution in [0.4, 0.5) is 11.4 Å². The highest BCUT2D eigenvalue weighted by Crippen LogP contribution is 2.43. The van der Waals surface area contributed by atoms with E-state index in [1.54, 1.807) is 0 Å². The third-order valence-corrected chi connectivity index (χ3v) is 4.63. The molecule has 2 nitrogen and oxygen atoms in total. The van der Waals surface area contributed by atoms with Gasteiger partial charge in [0, 0.05) is 19.7 Å². The van der Waals surface area contributed by atoms with Crippen molar-refractivity contribution in [2.24, 2.45) is 0 Å². The standard InChI is InChI=1S/C22H20N2/c1-23-20-14-16-9-4-6-12-18(16)21(22(20)24-2)19-13-7-10-15-8-3-5-11-17(15)19/h3-14,23-24H,1-2H3. The van der Waals surface area contributed by atoms with E-state index in [4.69, 9.17) is 0 Å². The van der Waals surface area contributed by atoms with Gasteiger partial charge in [-0.05, 0) is 33.2 Å². The molecule has 4 aromatic carbocycles. The number of hydrogen-bond donors (Lipinski definition) is 2. The second-order valence-electron chi connectivity index (χ2n) is 5.92. The van der Waals surface area contributed by atoms with Crippen molar-refractivity contribution in [2.75, 3.05) is 24.7 Å². The Morgan fingerprint density at radius 2 is 1.29 bits per heavy atom. The molecule has 0 saturated heterocycles. The second kappa shape index (κ2) is 5.89. The Kier molecular flexibility index (Phi) is 3.58. The Morgan fingerprint density at radius 3 is 2.04 bits per heavy atom. The maximum absolute atomic E-state index is 3.41. The lowest BCUT2D eigenvalue weighted by Crippen LogP contribution is -2.00. The van der Waals surface area contributed by atoms with Crippen molar-refractivity contribution in [1.29, 1.82) is 0 Å². The lowest BCUT2D eigenvalue weighted by molar-refractivity contribution is 1.47. The summed E-state index contributed by atoms with van der Waals surface area (Å²) in [6, 6.07) is 25.9. The topological polar surface area (TPSA) is 24.1 Å². The van der Waals surface area contributed by atoms with Crippen molar-refractivity contribution >= 4 is 32.9 Å². The predicted molar refractivity (Wildman–Crippen MR) is 106 cm³/mol. The van der Waals surface area contributed by atoms with Gasteiger partial charge in [0.25, 0.3) is 0 Å². The van der Waals surface area contributed by atoms with E-state index in [2.05, 4.69) is 83.4 Å². The molecular formula is C22H20N2. The molecule has 0 amide bonds. The molecule has 0 heterocycles. The number of rotatable bonds is 3. The van der Waals surface area contributed by atoms with Crippen molar-refractivity contribution < 1.29 is 0 Å². The Morgan fingerprint density at radius 1 is 0.625 bits per heavy atom. The van der Waals surface area contributed by atoms with E-state index < -0.39 is 0 Å². The summed E-state index contributed by atoms with van der Waals surface area (Å²) in [6.45, 7) is 0. The van der Waals surface area contributed by atoms with Crippen LogP contribution in [0, 0.1) is 0 Å². The van der Waals surface area contributed by atoms with Gasteiger partial charge in [-0.2, -0.15) is 0 Å². The summed E-state index contributed by atoms with van der Waals surface area (Å²) in [5, 5.41) is 11.8. The van der Waals surface area contributed by atoms with Crippen molar-refractivity contribution in [2.45, 2.75) is 0 Å². The van der Waals surface area contributed by atoms with Crippen molar-refractivity contribution in [3.63, 3.8) is 0 Å². The van der Waals surface area contributed by atoms with Gasteiger partial charge in [0.15, 0.2) is 0 Å². The Labute approximate surface area is 142 Å². The minimum Gasteiger partial charge on any atom is -0.386 e. The summed E-state index contributed by atoms with van der Waals surface area (Å²) in [5.41, 5.74) is 4.74. The number of fused-ring (bicyclic) bond motifs is 2. The molecule has 118 valence electrons. The SMILES string of the molecule is CNc1cc2ccccc2c(-c2cccc3ccccc23)c1NC. The zero-order chi connectivity index (χ0) is 16.5. The quantitative estimate of drug-likeness (QED) is 0.504. The van der Waals surface area contributed by atoms with Gasteiger partial charge >= 0.3 is 0 Å². The summed E-state index contributed by atoms with van der Waals surface area (Å²) in [7, 11) is 3.96. The van der Waals surface area contributed by atoms with Crippen LogP contribution in [-0.2, 0) is 0 Å². The summed E-state index contributed by atoms with van der Waals surface area (Å²) in [6.07, 6.45) is 0. The molecule has 24 heavy (non-hydrogen) atoms. The minimum absolute atomic E-state index is 1.11. The van der Waals surface area contributed by atoms with Crippen molar-refractivity contribution in [1.82, 2.24) is 0 Å². The number of nitrogens with one attached hydrogen (secondary N) is 2. The fourth-order valence-corrected chi connectivity index (χ4v) is 3.53. The Balaban J connectivity index is 2.19. The van der Waals surface area contributed by atoms with Crippen LogP contribution in [-0.4, -0.2) is 14.1 Å². The van der Waals surface area contributed by atoms with Gasteiger partial charge in [-0.15, -0.1) is 0 Å². The number of anilines is 2. The average molecular weight is 312 g/mol. The first-order chi connectivity index (χ1) is 11.8. The summed E-state index contributed by atoms with van der Waals surface area (Å²) < 4.78 is 0. The van der Waals surface area contributed by atoms with E-state index in [0.29, 0.717) is 0 Å². The summed E-state index contributed by atoms with van der Waals surface area (Å²) in [5.74, 6) is 0. The highest BCUT2D eigenvalue weighted by molar-refractivity contribution is 6.12. The van der Waals surface area contributed by atoms with Gasteiger partial charge in [0.1, 0.15) is 0 Å². The first-order valence-corrected chi connectivity index (χ1v) is 8.23. The molecule has 0 aliphatic heterocycles. The van der Waals surface area contributed by atoms with Gasteiger partial charge in [-0.1, -0.05) is 66.7 Å². The molecule has 0 saturated carbocycles. The molecule has 2 heteroatoms. The Hall–Kier alpha value is -3.00. The van der Waals surface area contributed by atoms with E-state index in [1.807, 2.05) is 14.1 Å². The molecule has 0 aliphatic carbocycles. The van der Waals surface area contributed by atoms with Crippen LogP contribution in [0.2, 0.25) is 0 Å². The third kappa shape index (κ3) is 2.19. The fourth-order valence-electron chi connectivity index (χ4n) is 3.53. The van der Waals surface area contributed by atoms with Crippen LogP contribution in [0.5, 0.6) is 0 Å². The normalized spacial score (nSPS) is 10.9. The van der Waals surface area contributed by atoms with Crippen LogP contribution in [0.1, 0.15) is 0 Å².